The van der Waals surface area contributed by atoms with E-state index in [1.54, 1.807) is 0 Å². The van der Waals surface area contributed by atoms with E-state index in [0.29, 0.717) is 5.54 Å². The lowest BCUT2D eigenvalue weighted by Crippen LogP contribution is -2.42. The van der Waals surface area contributed by atoms with Gasteiger partial charge in [0.1, 0.15) is 0 Å². The highest BCUT2D eigenvalue weighted by atomic mass is 28.3. The van der Waals surface area contributed by atoms with Crippen molar-refractivity contribution in [2.45, 2.75) is 56.9 Å². The van der Waals surface area contributed by atoms with Crippen molar-refractivity contribution in [3.8, 4) is 0 Å². The van der Waals surface area contributed by atoms with E-state index >= 15 is 0 Å². The molecule has 0 saturated carbocycles. The van der Waals surface area contributed by atoms with Gasteiger partial charge in [0.25, 0.3) is 0 Å². The molecule has 0 spiro atoms. The van der Waals surface area contributed by atoms with Gasteiger partial charge in [0.05, 0.1) is 0 Å². The highest BCUT2D eigenvalue weighted by molar-refractivity contribution is 6.76. The predicted octanol–water partition coefficient (Wildman–Crippen LogP) is 5.84. The molecule has 0 bridgehead atoms. The molecule has 3 heteroatoms. The first-order valence-electron chi connectivity index (χ1n) is 8.43. The summed E-state index contributed by atoms with van der Waals surface area (Å²) in [6, 6.07) is 2.60. The number of hydrogen-bond donors (Lipinski definition) is 0. The van der Waals surface area contributed by atoms with E-state index in [2.05, 4.69) is 98.1 Å². The fraction of sp³-hybridized carbons (Fsp3) is 0.579. The molecule has 0 aromatic rings. The Morgan fingerprint density at radius 3 is 1.18 bits per heavy atom. The Hall–Kier alpha value is -0.389. The summed E-state index contributed by atoms with van der Waals surface area (Å²) in [6.07, 6.45) is 18.8. The van der Waals surface area contributed by atoms with Crippen LogP contribution in [0.1, 0.15) is 0 Å². The molecule has 0 aromatic heterocycles. The summed E-state index contributed by atoms with van der Waals surface area (Å²) in [5.74, 6) is 0. The predicted molar refractivity (Wildman–Crippen MR) is 107 cm³/mol. The lowest BCUT2D eigenvalue weighted by atomic mass is 9.73. The van der Waals surface area contributed by atoms with Crippen LogP contribution in [-0.2, 0) is 0 Å². The van der Waals surface area contributed by atoms with Crippen molar-refractivity contribution in [2.24, 2.45) is 10.8 Å². The van der Waals surface area contributed by atoms with Gasteiger partial charge in [0, 0.05) is 37.2 Å². The molecule has 2 aliphatic carbocycles. The topological polar surface area (TPSA) is 0 Å². The molecule has 2 rings (SSSR count). The second-order valence-corrected chi connectivity index (χ2v) is 21.1. The molecule has 0 aliphatic heterocycles. The van der Waals surface area contributed by atoms with E-state index in [1.807, 2.05) is 0 Å². The molecule has 0 heterocycles. The summed E-state index contributed by atoms with van der Waals surface area (Å²) in [4.78, 5) is 0. The molecule has 3 radical (unpaired) electrons. The Balaban J connectivity index is 2.39. The maximum atomic E-state index is 4.25. The van der Waals surface area contributed by atoms with Gasteiger partial charge in [-0.3, -0.25) is 0 Å². The molecule has 0 nitrogen and oxygen atoms in total. The van der Waals surface area contributed by atoms with Crippen molar-refractivity contribution in [3.05, 3.63) is 48.6 Å². The van der Waals surface area contributed by atoms with Crippen molar-refractivity contribution >= 4 is 26.4 Å². The normalized spacial score (nSPS) is 22.2. The maximum absolute atomic E-state index is 4.25. The lowest BCUT2D eigenvalue weighted by molar-refractivity contribution is 0.363. The van der Waals surface area contributed by atoms with Crippen molar-refractivity contribution in [1.82, 2.24) is 0 Å². The van der Waals surface area contributed by atoms with Crippen molar-refractivity contribution < 1.29 is 0 Å². The first kappa shape index (κ1) is 18.0. The van der Waals surface area contributed by atoms with Crippen LogP contribution in [0.3, 0.4) is 0 Å². The van der Waals surface area contributed by atoms with Crippen LogP contribution in [0.4, 0.5) is 0 Å². The Kier molecular flexibility index (Phi) is 4.83. The van der Waals surface area contributed by atoms with Gasteiger partial charge in [-0.05, 0) is 17.6 Å². The fourth-order valence-corrected chi connectivity index (χ4v) is 9.76. The standard InChI is InChI=1S/C19H31Si3/c1-21(2,3)15-18(11-7-8-12-18)17(20)19(13-9-10-14-19)16-22(4,5)6/h7-14,17H,15-16H2,1-6H3. The summed E-state index contributed by atoms with van der Waals surface area (Å²) >= 11 is 0. The third-order valence-electron chi connectivity index (χ3n) is 4.60. The summed E-state index contributed by atoms with van der Waals surface area (Å²) in [5, 5.41) is 0. The Bertz CT molecular complexity index is 452. The molecule has 0 saturated heterocycles. The molecule has 0 fully saturated rings. The van der Waals surface area contributed by atoms with E-state index < -0.39 is 16.1 Å². The van der Waals surface area contributed by atoms with E-state index in [-0.39, 0.29) is 10.8 Å². The highest BCUT2D eigenvalue weighted by Crippen LogP contribution is 2.57. The van der Waals surface area contributed by atoms with Gasteiger partial charge >= 0.3 is 0 Å². The van der Waals surface area contributed by atoms with Crippen LogP contribution < -0.4 is 0 Å². The van der Waals surface area contributed by atoms with Gasteiger partial charge in [0.15, 0.2) is 0 Å². The molecule has 0 aromatic carbocycles. The molecule has 0 atom stereocenters. The van der Waals surface area contributed by atoms with Gasteiger partial charge < -0.3 is 0 Å². The number of rotatable bonds is 6. The van der Waals surface area contributed by atoms with Gasteiger partial charge in [-0.15, -0.1) is 0 Å². The van der Waals surface area contributed by atoms with Gasteiger partial charge in [0.2, 0.25) is 0 Å². The lowest BCUT2D eigenvalue weighted by Gasteiger charge is -2.47. The van der Waals surface area contributed by atoms with E-state index in [9.17, 15) is 0 Å². The average Bonchev–Trinajstić information content (AvgIpc) is 2.95. The van der Waals surface area contributed by atoms with Crippen LogP contribution in [0.25, 0.3) is 0 Å². The molecular weight excluding hydrogens is 312 g/mol. The molecule has 0 amide bonds. The van der Waals surface area contributed by atoms with Crippen LogP contribution in [0.5, 0.6) is 0 Å². The van der Waals surface area contributed by atoms with Crippen molar-refractivity contribution in [3.63, 3.8) is 0 Å². The van der Waals surface area contributed by atoms with Crippen molar-refractivity contribution in [2.75, 3.05) is 0 Å². The molecule has 0 N–H and O–H groups in total. The zero-order chi connectivity index (χ0) is 16.6. The summed E-state index contributed by atoms with van der Waals surface area (Å²) in [6.45, 7) is 14.9. The maximum Gasteiger partial charge on any atom is 0.0454 e. The summed E-state index contributed by atoms with van der Waals surface area (Å²) < 4.78 is 0. The minimum atomic E-state index is -1.17. The molecule has 0 unspecified atom stereocenters. The molecule has 119 valence electrons. The third kappa shape index (κ3) is 3.92. The second-order valence-electron chi connectivity index (χ2n) is 9.57. The quantitative estimate of drug-likeness (QED) is 0.531. The van der Waals surface area contributed by atoms with Crippen LogP contribution in [-0.4, -0.2) is 26.4 Å². The largest absolute Gasteiger partial charge is 0.0748 e. The Labute approximate surface area is 142 Å². The average molecular weight is 344 g/mol. The summed E-state index contributed by atoms with van der Waals surface area (Å²) in [5.41, 5.74) is 0.767. The number of hydrogen-bond acceptors (Lipinski definition) is 0. The first-order valence-corrected chi connectivity index (χ1v) is 16.4. The van der Waals surface area contributed by atoms with Crippen LogP contribution in [0, 0.1) is 10.8 Å². The number of allylic oxidation sites excluding steroid dienone is 8. The second kappa shape index (κ2) is 5.91. The van der Waals surface area contributed by atoms with Gasteiger partial charge in [-0.25, -0.2) is 0 Å². The molecule has 2 aliphatic rings. The van der Waals surface area contributed by atoms with E-state index in [0.717, 1.165) is 0 Å². The van der Waals surface area contributed by atoms with Crippen LogP contribution in [0.2, 0.25) is 56.9 Å². The minimum absolute atomic E-state index is 0.167. The zero-order valence-electron chi connectivity index (χ0n) is 15.1. The van der Waals surface area contributed by atoms with E-state index in [1.165, 1.54) is 12.1 Å². The minimum Gasteiger partial charge on any atom is -0.0748 e. The smallest absolute Gasteiger partial charge is 0.0454 e. The Morgan fingerprint density at radius 1 is 0.682 bits per heavy atom. The molecule has 22 heavy (non-hydrogen) atoms. The van der Waals surface area contributed by atoms with E-state index in [4.69, 9.17) is 0 Å². The van der Waals surface area contributed by atoms with Gasteiger partial charge in [-0.2, -0.15) is 0 Å². The highest BCUT2D eigenvalue weighted by Gasteiger charge is 2.47. The molecular formula is C19H31Si3. The van der Waals surface area contributed by atoms with Crippen LogP contribution in [0.15, 0.2) is 48.6 Å². The fourth-order valence-electron chi connectivity index (χ4n) is 4.21. The SMILES string of the molecule is C[Si](C)(C)CC1(C([Si])C2(C[Si](C)(C)C)C=CC=C2)C=CC=C1. The Morgan fingerprint density at radius 2 is 0.955 bits per heavy atom. The zero-order valence-corrected chi connectivity index (χ0v) is 18.1. The summed E-state index contributed by atoms with van der Waals surface area (Å²) in [7, 11) is 1.91. The van der Waals surface area contributed by atoms with Gasteiger partial charge in [-0.1, -0.05) is 87.9 Å². The first-order chi connectivity index (χ1) is 9.98. The van der Waals surface area contributed by atoms with Crippen LogP contribution >= 0.6 is 0 Å². The van der Waals surface area contributed by atoms with Crippen molar-refractivity contribution in [1.29, 1.82) is 0 Å². The third-order valence-corrected chi connectivity index (χ3v) is 9.02. The monoisotopic (exact) mass is 343 g/mol.